The van der Waals surface area contributed by atoms with E-state index in [1.807, 2.05) is 18.2 Å². The second kappa shape index (κ2) is 4.98. The van der Waals surface area contributed by atoms with Gasteiger partial charge in [0.2, 0.25) is 5.91 Å². The van der Waals surface area contributed by atoms with E-state index >= 15 is 0 Å². The molecule has 0 N–H and O–H groups in total. The van der Waals surface area contributed by atoms with Crippen molar-refractivity contribution < 1.29 is 9.59 Å². The lowest BCUT2D eigenvalue weighted by Crippen LogP contribution is -2.31. The van der Waals surface area contributed by atoms with E-state index in [0.717, 1.165) is 23.2 Å². The van der Waals surface area contributed by atoms with E-state index in [4.69, 9.17) is 11.6 Å². The molecular formula is C13H15ClN2O2. The minimum Gasteiger partial charge on any atom is -0.328 e. The summed E-state index contributed by atoms with van der Waals surface area (Å²) in [4.78, 5) is 25.7. The molecule has 0 aliphatic carbocycles. The highest BCUT2D eigenvalue weighted by atomic mass is 35.5. The fourth-order valence-electron chi connectivity index (χ4n) is 2.14. The van der Waals surface area contributed by atoms with Crippen LogP contribution in [0.1, 0.15) is 17.5 Å². The lowest BCUT2D eigenvalue weighted by molar-refractivity contribution is -0.118. The van der Waals surface area contributed by atoms with Crippen LogP contribution in [0.3, 0.4) is 0 Å². The third-order valence-corrected chi connectivity index (χ3v) is 3.50. The zero-order chi connectivity index (χ0) is 13.3. The van der Waals surface area contributed by atoms with Crippen molar-refractivity contribution >= 4 is 28.6 Å². The molecule has 1 aromatic rings. The first-order valence-electron chi connectivity index (χ1n) is 5.78. The number of rotatable bonds is 2. The number of benzene rings is 1. The highest BCUT2D eigenvalue weighted by Crippen LogP contribution is 2.27. The number of halogens is 1. The molecule has 0 saturated heterocycles. The van der Waals surface area contributed by atoms with E-state index in [-0.39, 0.29) is 5.91 Å². The molecule has 0 spiro atoms. The molecule has 1 aliphatic heterocycles. The first-order valence-corrected chi connectivity index (χ1v) is 6.16. The Morgan fingerprint density at radius 1 is 1.44 bits per heavy atom. The zero-order valence-electron chi connectivity index (χ0n) is 10.4. The molecule has 0 fully saturated rings. The molecule has 96 valence electrons. The number of nitrogens with zero attached hydrogens (tertiary/aromatic N) is 2. The summed E-state index contributed by atoms with van der Waals surface area (Å²) in [5.41, 5.74) is 3.12. The Labute approximate surface area is 111 Å². The van der Waals surface area contributed by atoms with Gasteiger partial charge in [0.15, 0.2) is 0 Å². The standard InChI is InChI=1S/C13H15ClN2O2/c1-15(13(14)18)8-9-3-5-11-10(7-9)4-6-12(17)16(11)2/h3,5,7H,4,6,8H2,1-2H3. The van der Waals surface area contributed by atoms with Crippen molar-refractivity contribution in [2.45, 2.75) is 19.4 Å². The van der Waals surface area contributed by atoms with Gasteiger partial charge in [0.1, 0.15) is 0 Å². The fourth-order valence-corrected chi connectivity index (χ4v) is 2.20. The number of carbonyl (C=O) groups excluding carboxylic acids is 2. The van der Waals surface area contributed by atoms with E-state index in [0.29, 0.717) is 13.0 Å². The van der Waals surface area contributed by atoms with Crippen LogP contribution >= 0.6 is 11.6 Å². The molecule has 2 rings (SSSR count). The second-order valence-electron chi connectivity index (χ2n) is 4.52. The smallest absolute Gasteiger partial charge is 0.316 e. The van der Waals surface area contributed by atoms with Crippen LogP contribution in [0.2, 0.25) is 0 Å². The van der Waals surface area contributed by atoms with Crippen molar-refractivity contribution in [3.63, 3.8) is 0 Å². The van der Waals surface area contributed by atoms with Crippen LogP contribution in [0.4, 0.5) is 10.5 Å². The Kier molecular flexibility index (Phi) is 3.57. The quantitative estimate of drug-likeness (QED) is 0.609. The predicted octanol–water partition coefficient (Wildman–Crippen LogP) is 2.39. The molecule has 18 heavy (non-hydrogen) atoms. The average molecular weight is 267 g/mol. The van der Waals surface area contributed by atoms with Gasteiger partial charge < -0.3 is 9.80 Å². The molecule has 1 aromatic carbocycles. The Balaban J connectivity index is 2.23. The average Bonchev–Trinajstić information content (AvgIpc) is 2.34. The minimum atomic E-state index is -0.472. The van der Waals surface area contributed by atoms with Gasteiger partial charge in [-0.25, -0.2) is 0 Å². The maximum atomic E-state index is 11.6. The second-order valence-corrected chi connectivity index (χ2v) is 4.85. The largest absolute Gasteiger partial charge is 0.328 e. The maximum Gasteiger partial charge on any atom is 0.316 e. The summed E-state index contributed by atoms with van der Waals surface area (Å²) in [6.07, 6.45) is 1.29. The zero-order valence-corrected chi connectivity index (χ0v) is 11.2. The van der Waals surface area contributed by atoms with Gasteiger partial charge in [0.05, 0.1) is 0 Å². The number of anilines is 1. The van der Waals surface area contributed by atoms with E-state index in [1.54, 1.807) is 19.0 Å². The summed E-state index contributed by atoms with van der Waals surface area (Å²) in [6, 6.07) is 5.88. The van der Waals surface area contributed by atoms with Crippen LogP contribution in [0.25, 0.3) is 0 Å². The minimum absolute atomic E-state index is 0.142. The molecule has 1 heterocycles. The Morgan fingerprint density at radius 3 is 2.83 bits per heavy atom. The number of aryl methyl sites for hydroxylation is 1. The van der Waals surface area contributed by atoms with Gasteiger partial charge in [-0.15, -0.1) is 0 Å². The molecule has 5 heteroatoms. The van der Waals surface area contributed by atoms with Crippen LogP contribution in [-0.2, 0) is 17.8 Å². The highest BCUT2D eigenvalue weighted by Gasteiger charge is 2.20. The van der Waals surface area contributed by atoms with E-state index < -0.39 is 5.37 Å². The van der Waals surface area contributed by atoms with Crippen molar-refractivity contribution in [3.05, 3.63) is 29.3 Å². The van der Waals surface area contributed by atoms with Gasteiger partial charge in [0.25, 0.3) is 0 Å². The van der Waals surface area contributed by atoms with Crippen molar-refractivity contribution in [1.82, 2.24) is 4.90 Å². The number of carbonyl (C=O) groups is 2. The van der Waals surface area contributed by atoms with Gasteiger partial charge in [-0.05, 0) is 35.2 Å². The van der Waals surface area contributed by atoms with E-state index in [9.17, 15) is 9.59 Å². The summed E-state index contributed by atoms with van der Waals surface area (Å²) >= 11 is 5.40. The molecule has 4 nitrogen and oxygen atoms in total. The van der Waals surface area contributed by atoms with Gasteiger partial charge in [0, 0.05) is 32.7 Å². The molecular weight excluding hydrogens is 252 g/mol. The first kappa shape index (κ1) is 12.9. The molecule has 0 radical (unpaired) electrons. The van der Waals surface area contributed by atoms with Gasteiger partial charge in [-0.1, -0.05) is 12.1 Å². The summed E-state index contributed by atoms with van der Waals surface area (Å²) in [7, 11) is 3.44. The Bertz CT molecular complexity index is 502. The SMILES string of the molecule is CN(Cc1ccc2c(c1)CCC(=O)N2C)C(=O)Cl. The van der Waals surface area contributed by atoms with Crippen molar-refractivity contribution in [2.24, 2.45) is 0 Å². The molecule has 0 saturated carbocycles. The molecule has 1 aliphatic rings. The van der Waals surface area contributed by atoms with Crippen LogP contribution in [0, 0.1) is 0 Å². The lowest BCUT2D eigenvalue weighted by Gasteiger charge is -2.26. The Morgan fingerprint density at radius 2 is 2.17 bits per heavy atom. The lowest BCUT2D eigenvalue weighted by atomic mass is 9.99. The monoisotopic (exact) mass is 266 g/mol. The maximum absolute atomic E-state index is 11.6. The number of hydrogen-bond acceptors (Lipinski definition) is 2. The van der Waals surface area contributed by atoms with Crippen LogP contribution < -0.4 is 4.90 Å². The van der Waals surface area contributed by atoms with Gasteiger partial charge >= 0.3 is 5.37 Å². The van der Waals surface area contributed by atoms with Crippen molar-refractivity contribution in [2.75, 3.05) is 19.0 Å². The van der Waals surface area contributed by atoms with Crippen molar-refractivity contribution in [1.29, 1.82) is 0 Å². The number of amides is 2. The summed E-state index contributed by atoms with van der Waals surface area (Å²) in [5, 5.41) is -0.472. The summed E-state index contributed by atoms with van der Waals surface area (Å²) < 4.78 is 0. The number of fused-ring (bicyclic) bond motifs is 1. The van der Waals surface area contributed by atoms with Gasteiger partial charge in [-0.2, -0.15) is 0 Å². The topological polar surface area (TPSA) is 40.6 Å². The normalized spacial score (nSPS) is 14.4. The fraction of sp³-hybridized carbons (Fsp3) is 0.385. The first-order chi connectivity index (χ1) is 8.49. The van der Waals surface area contributed by atoms with E-state index in [1.165, 1.54) is 4.90 Å². The van der Waals surface area contributed by atoms with Crippen LogP contribution in [0.15, 0.2) is 18.2 Å². The third-order valence-electron chi connectivity index (χ3n) is 3.21. The predicted molar refractivity (Wildman–Crippen MR) is 70.9 cm³/mol. The summed E-state index contributed by atoms with van der Waals surface area (Å²) in [6.45, 7) is 0.479. The van der Waals surface area contributed by atoms with E-state index in [2.05, 4.69) is 0 Å². The molecule has 0 aromatic heterocycles. The van der Waals surface area contributed by atoms with Crippen LogP contribution in [0.5, 0.6) is 0 Å². The van der Waals surface area contributed by atoms with Crippen molar-refractivity contribution in [3.8, 4) is 0 Å². The number of hydrogen-bond donors (Lipinski definition) is 0. The summed E-state index contributed by atoms with van der Waals surface area (Å²) in [5.74, 6) is 0.142. The van der Waals surface area contributed by atoms with Gasteiger partial charge in [-0.3, -0.25) is 9.59 Å². The van der Waals surface area contributed by atoms with Crippen LogP contribution in [-0.4, -0.2) is 30.3 Å². The highest BCUT2D eigenvalue weighted by molar-refractivity contribution is 6.62. The molecule has 2 amide bonds. The third kappa shape index (κ3) is 2.48. The molecule has 0 bridgehead atoms. The Hall–Kier alpha value is -1.55. The molecule has 0 unspecified atom stereocenters. The molecule has 0 atom stereocenters.